The summed E-state index contributed by atoms with van der Waals surface area (Å²) in [5.41, 5.74) is 1.64. The molecule has 0 spiro atoms. The van der Waals surface area contributed by atoms with Crippen molar-refractivity contribution in [2.24, 2.45) is 5.92 Å². The van der Waals surface area contributed by atoms with Crippen molar-refractivity contribution < 1.29 is 14.3 Å². The minimum absolute atomic E-state index is 0.197. The number of rotatable bonds is 4. The maximum absolute atomic E-state index is 12.7. The summed E-state index contributed by atoms with van der Waals surface area (Å²) in [4.78, 5) is 26.4. The first-order chi connectivity index (χ1) is 13.7. The van der Waals surface area contributed by atoms with Crippen LogP contribution in [0.1, 0.15) is 32.0 Å². The van der Waals surface area contributed by atoms with Crippen molar-refractivity contribution >= 4 is 17.7 Å². The minimum Gasteiger partial charge on any atom is -0.466 e. The van der Waals surface area contributed by atoms with Crippen LogP contribution in [-0.2, 0) is 22.5 Å². The SMILES string of the molecule is CCOC(=O)C1CCCN(C(=O)Nc2cccc(-c3nnc4n3CCC4)c2)C1. The van der Waals surface area contributed by atoms with E-state index in [9.17, 15) is 9.59 Å². The average molecular weight is 383 g/mol. The van der Waals surface area contributed by atoms with Gasteiger partial charge in [-0.2, -0.15) is 0 Å². The van der Waals surface area contributed by atoms with E-state index in [0.29, 0.717) is 25.4 Å². The van der Waals surface area contributed by atoms with Gasteiger partial charge in [0, 0.05) is 37.3 Å². The van der Waals surface area contributed by atoms with Crippen molar-refractivity contribution in [3.8, 4) is 11.4 Å². The second kappa shape index (κ2) is 8.00. The summed E-state index contributed by atoms with van der Waals surface area (Å²) in [6.45, 7) is 4.11. The lowest BCUT2D eigenvalue weighted by molar-refractivity contribution is -0.149. The molecule has 1 N–H and O–H groups in total. The van der Waals surface area contributed by atoms with Crippen LogP contribution in [-0.4, -0.2) is 51.4 Å². The molecule has 3 heterocycles. The number of hydrogen-bond donors (Lipinski definition) is 1. The second-order valence-electron chi connectivity index (χ2n) is 7.24. The van der Waals surface area contributed by atoms with Gasteiger partial charge in [-0.15, -0.1) is 10.2 Å². The van der Waals surface area contributed by atoms with E-state index in [0.717, 1.165) is 49.4 Å². The number of anilines is 1. The van der Waals surface area contributed by atoms with Crippen molar-refractivity contribution in [2.45, 2.75) is 39.2 Å². The third kappa shape index (κ3) is 3.72. The maximum Gasteiger partial charge on any atom is 0.321 e. The number of aromatic nitrogens is 3. The van der Waals surface area contributed by atoms with Gasteiger partial charge in [0.15, 0.2) is 5.82 Å². The molecule has 0 saturated carbocycles. The Morgan fingerprint density at radius 2 is 2.14 bits per heavy atom. The molecule has 0 radical (unpaired) electrons. The number of fused-ring (bicyclic) bond motifs is 1. The predicted molar refractivity (Wildman–Crippen MR) is 104 cm³/mol. The lowest BCUT2D eigenvalue weighted by Crippen LogP contribution is -2.44. The van der Waals surface area contributed by atoms with Gasteiger partial charge in [-0.3, -0.25) is 4.79 Å². The first-order valence-corrected chi connectivity index (χ1v) is 9.90. The molecule has 1 unspecified atom stereocenters. The van der Waals surface area contributed by atoms with Crippen molar-refractivity contribution in [1.29, 1.82) is 0 Å². The highest BCUT2D eigenvalue weighted by atomic mass is 16.5. The van der Waals surface area contributed by atoms with Gasteiger partial charge in [-0.25, -0.2) is 4.79 Å². The van der Waals surface area contributed by atoms with E-state index in [2.05, 4.69) is 20.1 Å². The normalized spacial score (nSPS) is 18.6. The Hall–Kier alpha value is -2.90. The molecule has 4 rings (SSSR count). The van der Waals surface area contributed by atoms with Gasteiger partial charge >= 0.3 is 12.0 Å². The summed E-state index contributed by atoms with van der Waals surface area (Å²) in [5.74, 6) is 1.39. The van der Waals surface area contributed by atoms with Crippen molar-refractivity contribution in [1.82, 2.24) is 19.7 Å². The Morgan fingerprint density at radius 1 is 1.25 bits per heavy atom. The highest BCUT2D eigenvalue weighted by molar-refractivity contribution is 5.90. The summed E-state index contributed by atoms with van der Waals surface area (Å²) in [5, 5.41) is 11.5. The first kappa shape index (κ1) is 18.5. The van der Waals surface area contributed by atoms with Crippen LogP contribution in [0.5, 0.6) is 0 Å². The molecule has 2 amide bonds. The van der Waals surface area contributed by atoms with Gasteiger partial charge in [-0.05, 0) is 38.3 Å². The van der Waals surface area contributed by atoms with Crippen LogP contribution < -0.4 is 5.32 Å². The number of esters is 1. The van der Waals surface area contributed by atoms with Crippen molar-refractivity contribution in [3.63, 3.8) is 0 Å². The fourth-order valence-corrected chi connectivity index (χ4v) is 3.92. The van der Waals surface area contributed by atoms with E-state index in [1.54, 1.807) is 11.8 Å². The molecule has 1 fully saturated rings. The monoisotopic (exact) mass is 383 g/mol. The number of benzene rings is 1. The Bertz CT molecular complexity index is 878. The number of nitrogens with zero attached hydrogens (tertiary/aromatic N) is 4. The predicted octanol–water partition coefficient (Wildman–Crippen LogP) is 2.70. The Balaban J connectivity index is 1.44. The summed E-state index contributed by atoms with van der Waals surface area (Å²) in [7, 11) is 0. The summed E-state index contributed by atoms with van der Waals surface area (Å²) in [6.07, 6.45) is 3.60. The molecular weight excluding hydrogens is 358 g/mol. The molecule has 1 atom stereocenters. The van der Waals surface area contributed by atoms with Gasteiger partial charge in [0.1, 0.15) is 5.82 Å². The van der Waals surface area contributed by atoms with Gasteiger partial charge in [0.25, 0.3) is 0 Å². The molecular formula is C20H25N5O3. The number of ether oxygens (including phenoxy) is 1. The van der Waals surface area contributed by atoms with Crippen LogP contribution >= 0.6 is 0 Å². The molecule has 2 aromatic rings. The van der Waals surface area contributed by atoms with Gasteiger partial charge in [0.05, 0.1) is 12.5 Å². The zero-order chi connectivity index (χ0) is 19.5. The molecule has 1 aromatic heterocycles. The first-order valence-electron chi connectivity index (χ1n) is 9.90. The van der Waals surface area contributed by atoms with Crippen LogP contribution in [0.25, 0.3) is 11.4 Å². The van der Waals surface area contributed by atoms with E-state index in [1.807, 2.05) is 24.3 Å². The molecule has 8 nitrogen and oxygen atoms in total. The fourth-order valence-electron chi connectivity index (χ4n) is 3.92. The highest BCUT2D eigenvalue weighted by Gasteiger charge is 2.29. The van der Waals surface area contributed by atoms with Crippen molar-refractivity contribution in [3.05, 3.63) is 30.1 Å². The maximum atomic E-state index is 12.7. The average Bonchev–Trinajstić information content (AvgIpc) is 3.32. The molecule has 1 saturated heterocycles. The van der Waals surface area contributed by atoms with Crippen molar-refractivity contribution in [2.75, 3.05) is 25.0 Å². The number of aryl methyl sites for hydroxylation is 1. The molecule has 2 aliphatic heterocycles. The second-order valence-corrected chi connectivity index (χ2v) is 7.24. The largest absolute Gasteiger partial charge is 0.466 e. The molecule has 8 heteroatoms. The zero-order valence-corrected chi connectivity index (χ0v) is 16.1. The van der Waals surface area contributed by atoms with Crippen LogP contribution in [0.15, 0.2) is 24.3 Å². The van der Waals surface area contributed by atoms with Crippen LogP contribution in [0.2, 0.25) is 0 Å². The summed E-state index contributed by atoms with van der Waals surface area (Å²) < 4.78 is 7.24. The topological polar surface area (TPSA) is 89.3 Å². The summed E-state index contributed by atoms with van der Waals surface area (Å²) >= 11 is 0. The van der Waals surface area contributed by atoms with E-state index < -0.39 is 0 Å². The molecule has 1 aromatic carbocycles. The highest BCUT2D eigenvalue weighted by Crippen LogP contribution is 2.26. The van der Waals surface area contributed by atoms with Gasteiger partial charge < -0.3 is 19.5 Å². The Kier molecular flexibility index (Phi) is 5.27. The molecule has 148 valence electrons. The Labute approximate surface area is 163 Å². The molecule has 0 bridgehead atoms. The lowest BCUT2D eigenvalue weighted by Gasteiger charge is -2.31. The third-order valence-corrected chi connectivity index (χ3v) is 5.31. The summed E-state index contributed by atoms with van der Waals surface area (Å²) in [6, 6.07) is 7.45. The zero-order valence-electron chi connectivity index (χ0n) is 16.1. The van der Waals surface area contributed by atoms with E-state index >= 15 is 0 Å². The van der Waals surface area contributed by atoms with E-state index in [-0.39, 0.29) is 17.9 Å². The standard InChI is InChI=1S/C20H25N5O3/c1-2-28-19(26)15-7-4-10-24(13-15)20(27)21-16-8-3-6-14(12-16)18-23-22-17-9-5-11-25(17)18/h3,6,8,12,15H,2,4-5,7,9-11,13H2,1H3,(H,21,27). The molecule has 2 aliphatic rings. The van der Waals surface area contributed by atoms with Crippen LogP contribution in [0.4, 0.5) is 10.5 Å². The number of nitrogens with one attached hydrogen (secondary N) is 1. The third-order valence-electron chi connectivity index (χ3n) is 5.31. The lowest BCUT2D eigenvalue weighted by atomic mass is 9.98. The Morgan fingerprint density at radius 3 is 3.00 bits per heavy atom. The number of piperidine rings is 1. The van der Waals surface area contributed by atoms with Gasteiger partial charge in [0.2, 0.25) is 0 Å². The number of urea groups is 1. The van der Waals surface area contributed by atoms with E-state index in [4.69, 9.17) is 4.74 Å². The number of carbonyl (C=O) groups is 2. The minimum atomic E-state index is -0.246. The number of carbonyl (C=O) groups excluding carboxylic acids is 2. The smallest absolute Gasteiger partial charge is 0.321 e. The van der Waals surface area contributed by atoms with Crippen LogP contribution in [0, 0.1) is 5.92 Å². The molecule has 28 heavy (non-hydrogen) atoms. The molecule has 0 aliphatic carbocycles. The van der Waals surface area contributed by atoms with E-state index in [1.165, 1.54) is 0 Å². The number of amides is 2. The van der Waals surface area contributed by atoms with Crippen LogP contribution in [0.3, 0.4) is 0 Å². The fraction of sp³-hybridized carbons (Fsp3) is 0.500. The number of likely N-dealkylation sites (tertiary alicyclic amines) is 1. The number of hydrogen-bond acceptors (Lipinski definition) is 5. The quantitative estimate of drug-likeness (QED) is 0.820. The van der Waals surface area contributed by atoms with Gasteiger partial charge in [-0.1, -0.05) is 12.1 Å².